The van der Waals surface area contributed by atoms with E-state index in [9.17, 15) is 0 Å². The summed E-state index contributed by atoms with van der Waals surface area (Å²) in [6, 6.07) is 0. The van der Waals surface area contributed by atoms with Crippen LogP contribution >= 0.6 is 11.8 Å². The Kier molecular flexibility index (Phi) is 15.0. The van der Waals surface area contributed by atoms with Crippen LogP contribution in [0.15, 0.2) is 0 Å². The molecule has 0 saturated carbocycles. The highest BCUT2D eigenvalue weighted by Gasteiger charge is 2.16. The summed E-state index contributed by atoms with van der Waals surface area (Å²) < 4.78 is 0. The molecule has 0 bridgehead atoms. The molecule has 0 radical (unpaired) electrons. The van der Waals surface area contributed by atoms with Gasteiger partial charge >= 0.3 is 0 Å². The van der Waals surface area contributed by atoms with E-state index in [0.717, 1.165) is 10.5 Å². The van der Waals surface area contributed by atoms with Crippen LogP contribution in [0.4, 0.5) is 0 Å². The van der Waals surface area contributed by atoms with Gasteiger partial charge in [-0.1, -0.05) is 79.1 Å². The third kappa shape index (κ3) is 11.8. The summed E-state index contributed by atoms with van der Waals surface area (Å²) in [7, 11) is 0. The second-order valence-corrected chi connectivity index (χ2v) is 7.55. The van der Waals surface area contributed by atoms with Gasteiger partial charge in [-0.25, -0.2) is 0 Å². The van der Waals surface area contributed by atoms with Crippen LogP contribution in [0.3, 0.4) is 0 Å². The van der Waals surface area contributed by atoms with E-state index in [1.165, 1.54) is 77.0 Å². The molecule has 0 amide bonds. The molecule has 0 aromatic carbocycles. The quantitative estimate of drug-likeness (QED) is 0.325. The van der Waals surface area contributed by atoms with Crippen LogP contribution in [0.25, 0.3) is 0 Å². The third-order valence-electron chi connectivity index (χ3n) is 3.90. The molecule has 0 N–H and O–H groups in total. The lowest BCUT2D eigenvalue weighted by atomic mass is 10.1. The maximum atomic E-state index is 2.35. The molecule has 0 nitrogen and oxygen atoms in total. The van der Waals surface area contributed by atoms with Gasteiger partial charge in [0.2, 0.25) is 0 Å². The molecule has 0 unspecified atom stereocenters. The molecular formula is C18H38S. The highest BCUT2D eigenvalue weighted by Crippen LogP contribution is 2.32. The first-order valence-electron chi connectivity index (χ1n) is 8.93. The van der Waals surface area contributed by atoms with E-state index in [1.807, 2.05) is 0 Å². The van der Waals surface area contributed by atoms with Crippen molar-refractivity contribution in [2.75, 3.05) is 0 Å². The summed E-state index contributed by atoms with van der Waals surface area (Å²) in [5, 5.41) is 1.89. The second kappa shape index (κ2) is 14.8. The van der Waals surface area contributed by atoms with Crippen molar-refractivity contribution < 1.29 is 0 Å². The molecule has 0 aromatic heterocycles. The molecule has 0 rings (SSSR count). The van der Waals surface area contributed by atoms with Crippen molar-refractivity contribution in [3.05, 3.63) is 0 Å². The predicted octanol–water partition coefficient (Wildman–Crippen LogP) is 7.22. The zero-order chi connectivity index (χ0) is 14.3. The Morgan fingerprint density at radius 1 is 0.526 bits per heavy atom. The maximum absolute atomic E-state index is 2.35. The van der Waals surface area contributed by atoms with Crippen LogP contribution in [0, 0.1) is 0 Å². The predicted molar refractivity (Wildman–Crippen MR) is 93.3 cm³/mol. The van der Waals surface area contributed by atoms with E-state index in [2.05, 4.69) is 39.5 Å². The van der Waals surface area contributed by atoms with Gasteiger partial charge < -0.3 is 0 Å². The van der Waals surface area contributed by atoms with Crippen molar-refractivity contribution in [1.82, 2.24) is 0 Å². The molecule has 0 saturated heterocycles. The molecule has 116 valence electrons. The van der Waals surface area contributed by atoms with Gasteiger partial charge in [0.25, 0.3) is 0 Å². The van der Waals surface area contributed by atoms with Gasteiger partial charge in [0.05, 0.1) is 0 Å². The number of unbranched alkanes of at least 4 members (excludes halogenated alkanes) is 4. The van der Waals surface area contributed by atoms with E-state index in [1.54, 1.807) is 0 Å². The van der Waals surface area contributed by atoms with Crippen LogP contribution < -0.4 is 0 Å². The Morgan fingerprint density at radius 2 is 0.789 bits per heavy atom. The zero-order valence-corrected chi connectivity index (χ0v) is 14.9. The van der Waals surface area contributed by atoms with Crippen LogP contribution in [-0.2, 0) is 0 Å². The Bertz CT molecular complexity index is 133. The van der Waals surface area contributed by atoms with Crippen molar-refractivity contribution >= 4 is 11.8 Å². The minimum absolute atomic E-state index is 0.943. The fourth-order valence-corrected chi connectivity index (χ4v) is 4.32. The van der Waals surface area contributed by atoms with Gasteiger partial charge in [0.15, 0.2) is 0 Å². The van der Waals surface area contributed by atoms with E-state index in [-0.39, 0.29) is 0 Å². The van der Waals surface area contributed by atoms with E-state index >= 15 is 0 Å². The molecule has 0 atom stereocenters. The molecule has 0 aliphatic carbocycles. The summed E-state index contributed by atoms with van der Waals surface area (Å²) in [4.78, 5) is 0. The highest BCUT2D eigenvalue weighted by atomic mass is 32.2. The summed E-state index contributed by atoms with van der Waals surface area (Å²) in [6.07, 6.45) is 17.0. The van der Waals surface area contributed by atoms with Crippen molar-refractivity contribution in [3.8, 4) is 0 Å². The first kappa shape index (κ1) is 19.4. The molecule has 0 aliphatic heterocycles. The van der Waals surface area contributed by atoms with Crippen LogP contribution in [0.1, 0.15) is 105 Å². The van der Waals surface area contributed by atoms with Gasteiger partial charge in [-0.2, -0.15) is 11.8 Å². The summed E-state index contributed by atoms with van der Waals surface area (Å²) in [5.41, 5.74) is 0. The van der Waals surface area contributed by atoms with Crippen molar-refractivity contribution in [2.45, 2.75) is 115 Å². The second-order valence-electron chi connectivity index (χ2n) is 5.95. The van der Waals surface area contributed by atoms with E-state index in [0.29, 0.717) is 0 Å². The Morgan fingerprint density at radius 3 is 1.00 bits per heavy atom. The Labute approximate surface area is 127 Å². The number of hydrogen-bond donors (Lipinski definition) is 0. The molecule has 19 heavy (non-hydrogen) atoms. The van der Waals surface area contributed by atoms with Crippen molar-refractivity contribution in [1.29, 1.82) is 0 Å². The van der Waals surface area contributed by atoms with E-state index < -0.39 is 0 Å². The third-order valence-corrected chi connectivity index (χ3v) is 5.62. The van der Waals surface area contributed by atoms with Gasteiger partial charge in [-0.3, -0.25) is 0 Å². The minimum atomic E-state index is 0.943. The number of rotatable bonds is 14. The monoisotopic (exact) mass is 286 g/mol. The fraction of sp³-hybridized carbons (Fsp3) is 1.00. The van der Waals surface area contributed by atoms with Crippen LogP contribution in [0.5, 0.6) is 0 Å². The lowest BCUT2D eigenvalue weighted by Gasteiger charge is -2.23. The highest BCUT2D eigenvalue weighted by molar-refractivity contribution is 8.00. The molecule has 0 aromatic rings. The molecule has 0 spiro atoms. The first-order chi connectivity index (χ1) is 9.28. The number of thioether (sulfide) groups is 1. The molecular weight excluding hydrogens is 248 g/mol. The Hall–Kier alpha value is 0.350. The topological polar surface area (TPSA) is 0 Å². The SMILES string of the molecule is CCCCC(CCCC)SC(CCCC)CCCC. The average molecular weight is 287 g/mol. The lowest BCUT2D eigenvalue weighted by Crippen LogP contribution is -2.12. The summed E-state index contributed by atoms with van der Waals surface area (Å²) in [5.74, 6) is 0. The van der Waals surface area contributed by atoms with Crippen LogP contribution in [-0.4, -0.2) is 10.5 Å². The van der Waals surface area contributed by atoms with Gasteiger partial charge in [-0.05, 0) is 25.7 Å². The normalized spacial score (nSPS) is 11.7. The maximum Gasteiger partial charge on any atom is 0.00498 e. The lowest BCUT2D eigenvalue weighted by molar-refractivity contribution is 0.590. The van der Waals surface area contributed by atoms with E-state index in [4.69, 9.17) is 0 Å². The van der Waals surface area contributed by atoms with Gasteiger partial charge in [0.1, 0.15) is 0 Å². The van der Waals surface area contributed by atoms with Gasteiger partial charge in [0, 0.05) is 10.5 Å². The fourth-order valence-electron chi connectivity index (χ4n) is 2.56. The van der Waals surface area contributed by atoms with Gasteiger partial charge in [-0.15, -0.1) is 0 Å². The largest absolute Gasteiger partial charge is 0.155 e. The minimum Gasteiger partial charge on any atom is -0.155 e. The molecule has 0 aliphatic rings. The molecule has 0 heterocycles. The van der Waals surface area contributed by atoms with Crippen molar-refractivity contribution in [3.63, 3.8) is 0 Å². The average Bonchev–Trinajstić information content (AvgIpc) is 2.44. The zero-order valence-electron chi connectivity index (χ0n) is 14.0. The molecule has 0 fully saturated rings. The first-order valence-corrected chi connectivity index (χ1v) is 9.88. The summed E-state index contributed by atoms with van der Waals surface area (Å²) >= 11 is 2.35. The van der Waals surface area contributed by atoms with Crippen molar-refractivity contribution in [2.24, 2.45) is 0 Å². The molecule has 1 heteroatoms. The number of hydrogen-bond acceptors (Lipinski definition) is 1. The standard InChI is InChI=1S/C18H38S/c1-5-9-13-17(14-10-6-2)19-18(15-11-7-3)16-12-8-4/h17-18H,5-16H2,1-4H3. The van der Waals surface area contributed by atoms with Crippen LogP contribution in [0.2, 0.25) is 0 Å². The summed E-state index contributed by atoms with van der Waals surface area (Å²) in [6.45, 7) is 9.31. The smallest absolute Gasteiger partial charge is 0.00498 e. The Balaban J connectivity index is 4.16.